The summed E-state index contributed by atoms with van der Waals surface area (Å²) in [4.78, 5) is 38.2. The predicted octanol–water partition coefficient (Wildman–Crippen LogP) is 2.68. The van der Waals surface area contributed by atoms with Gasteiger partial charge in [-0.25, -0.2) is 4.79 Å². The van der Waals surface area contributed by atoms with Crippen molar-refractivity contribution >= 4 is 29.2 Å². The molecule has 0 radical (unpaired) electrons. The minimum atomic E-state index is -0.637. The number of aryl methyl sites for hydroxylation is 1. The number of carbonyl (C=O) groups is 3. The van der Waals surface area contributed by atoms with Gasteiger partial charge in [0.2, 0.25) is 5.91 Å². The van der Waals surface area contributed by atoms with Gasteiger partial charge in [-0.3, -0.25) is 9.59 Å². The molecule has 7 heteroatoms. The minimum Gasteiger partial charge on any atom is -0.482 e. The first-order valence-electron chi connectivity index (χ1n) is 9.00. The fraction of sp³-hybridized carbons (Fsp3) is 0.286. The summed E-state index contributed by atoms with van der Waals surface area (Å²) < 4.78 is 10.5. The lowest BCUT2D eigenvalue weighted by molar-refractivity contribution is -0.150. The number of ether oxygens (including phenoxy) is 2. The Morgan fingerprint density at radius 2 is 1.82 bits per heavy atom. The van der Waals surface area contributed by atoms with Crippen molar-refractivity contribution in [1.29, 1.82) is 0 Å². The molecule has 1 aliphatic heterocycles. The van der Waals surface area contributed by atoms with E-state index < -0.39 is 18.5 Å². The number of para-hydroxylation sites is 3. The maximum absolute atomic E-state index is 12.7. The molecule has 28 heavy (non-hydrogen) atoms. The second kappa shape index (κ2) is 8.56. The van der Waals surface area contributed by atoms with Crippen molar-refractivity contribution in [1.82, 2.24) is 0 Å². The van der Waals surface area contributed by atoms with Gasteiger partial charge < -0.3 is 19.7 Å². The summed E-state index contributed by atoms with van der Waals surface area (Å²) in [5, 5.41) is 2.79. The van der Waals surface area contributed by atoms with Crippen LogP contribution < -0.4 is 15.0 Å². The molecular formula is C21H22N2O5. The van der Waals surface area contributed by atoms with Crippen molar-refractivity contribution in [3.05, 3.63) is 54.1 Å². The quantitative estimate of drug-likeness (QED) is 0.804. The molecule has 1 aliphatic rings. The highest BCUT2D eigenvalue weighted by Gasteiger charge is 2.30. The fourth-order valence-corrected chi connectivity index (χ4v) is 3.08. The first-order chi connectivity index (χ1) is 13.5. The van der Waals surface area contributed by atoms with E-state index in [2.05, 4.69) is 5.32 Å². The number of carbonyl (C=O) groups excluding carboxylic acids is 3. The lowest BCUT2D eigenvalue weighted by Crippen LogP contribution is -2.41. The summed E-state index contributed by atoms with van der Waals surface area (Å²) in [7, 11) is 0. The molecule has 146 valence electrons. The molecule has 0 aromatic heterocycles. The number of nitrogens with zero attached hydrogens (tertiary/aromatic N) is 1. The Labute approximate surface area is 163 Å². The number of fused-ring (bicyclic) bond motifs is 1. The maximum Gasteiger partial charge on any atom is 0.344 e. The maximum atomic E-state index is 12.7. The van der Waals surface area contributed by atoms with Crippen LogP contribution in [0.15, 0.2) is 48.5 Å². The van der Waals surface area contributed by atoms with Gasteiger partial charge in [0, 0.05) is 12.5 Å². The van der Waals surface area contributed by atoms with Crippen molar-refractivity contribution in [3.8, 4) is 5.75 Å². The third-order valence-electron chi connectivity index (χ3n) is 4.42. The number of amides is 2. The molecule has 7 nitrogen and oxygen atoms in total. The molecule has 1 atom stereocenters. The molecule has 2 aromatic rings. The largest absolute Gasteiger partial charge is 0.482 e. The zero-order valence-corrected chi connectivity index (χ0v) is 15.8. The molecule has 1 N–H and O–H groups in total. The van der Waals surface area contributed by atoms with Crippen molar-refractivity contribution in [3.63, 3.8) is 0 Å². The molecule has 0 spiro atoms. The van der Waals surface area contributed by atoms with Gasteiger partial charge in [0.1, 0.15) is 5.75 Å². The van der Waals surface area contributed by atoms with Crippen molar-refractivity contribution in [2.45, 2.75) is 26.3 Å². The van der Waals surface area contributed by atoms with Crippen LogP contribution in [0.5, 0.6) is 5.75 Å². The van der Waals surface area contributed by atoms with Crippen molar-refractivity contribution in [2.75, 3.05) is 23.4 Å². The van der Waals surface area contributed by atoms with Gasteiger partial charge >= 0.3 is 5.97 Å². The van der Waals surface area contributed by atoms with Crippen LogP contribution in [0.2, 0.25) is 0 Å². The van der Waals surface area contributed by atoms with Crippen LogP contribution in [0.3, 0.4) is 0 Å². The third kappa shape index (κ3) is 4.49. The van der Waals surface area contributed by atoms with E-state index in [4.69, 9.17) is 9.47 Å². The summed E-state index contributed by atoms with van der Waals surface area (Å²) >= 11 is 0. The van der Waals surface area contributed by atoms with Crippen LogP contribution in [-0.4, -0.2) is 37.0 Å². The highest BCUT2D eigenvalue weighted by molar-refractivity contribution is 6.05. The number of hydrogen-bond donors (Lipinski definition) is 1. The van der Waals surface area contributed by atoms with E-state index in [0.29, 0.717) is 17.1 Å². The summed E-state index contributed by atoms with van der Waals surface area (Å²) in [6.45, 7) is 2.94. The monoisotopic (exact) mass is 382 g/mol. The summed E-state index contributed by atoms with van der Waals surface area (Å²) in [5.74, 6) is -0.619. The van der Waals surface area contributed by atoms with Crippen molar-refractivity contribution in [2.24, 2.45) is 0 Å². The molecule has 0 aliphatic carbocycles. The fourth-order valence-electron chi connectivity index (χ4n) is 3.08. The number of benzene rings is 2. The lowest BCUT2D eigenvalue weighted by atomic mass is 10.1. The van der Waals surface area contributed by atoms with E-state index in [-0.39, 0.29) is 25.0 Å². The number of nitrogens with one attached hydrogen (secondary N) is 1. The van der Waals surface area contributed by atoms with E-state index in [1.165, 1.54) is 4.90 Å². The van der Waals surface area contributed by atoms with Crippen molar-refractivity contribution < 1.29 is 23.9 Å². The van der Waals surface area contributed by atoms with Gasteiger partial charge in [0.15, 0.2) is 13.2 Å². The van der Waals surface area contributed by atoms with E-state index in [1.807, 2.05) is 25.1 Å². The Hall–Kier alpha value is -3.35. The van der Waals surface area contributed by atoms with Gasteiger partial charge in [-0.2, -0.15) is 0 Å². The molecule has 2 amide bonds. The van der Waals surface area contributed by atoms with Gasteiger partial charge in [-0.1, -0.05) is 30.3 Å². The number of esters is 1. The molecule has 0 saturated carbocycles. The Balaban J connectivity index is 1.61. The SMILES string of the molecule is Cc1ccccc1OCC(=O)OCC(=O)N1c2ccccc2NC(=O)C[C@H]1C. The van der Waals surface area contributed by atoms with Gasteiger partial charge in [0.05, 0.1) is 11.4 Å². The highest BCUT2D eigenvalue weighted by atomic mass is 16.6. The average molecular weight is 382 g/mol. The van der Waals surface area contributed by atoms with Crippen LogP contribution in [0, 0.1) is 6.92 Å². The van der Waals surface area contributed by atoms with Crippen LogP contribution >= 0.6 is 0 Å². The molecule has 1 heterocycles. The number of rotatable bonds is 5. The standard InChI is InChI=1S/C21H22N2O5/c1-14-7-3-6-10-18(14)27-13-21(26)28-12-20(25)23-15(2)11-19(24)22-16-8-4-5-9-17(16)23/h3-10,15H,11-13H2,1-2H3,(H,22,24)/t15-/m1/s1. The first-order valence-corrected chi connectivity index (χ1v) is 9.00. The van der Waals surface area contributed by atoms with Crippen LogP contribution in [0.4, 0.5) is 11.4 Å². The second-order valence-corrected chi connectivity index (χ2v) is 6.60. The normalized spacial score (nSPS) is 15.9. The molecule has 0 saturated heterocycles. The average Bonchev–Trinajstić information content (AvgIpc) is 2.79. The van der Waals surface area contributed by atoms with Gasteiger partial charge in [-0.05, 0) is 37.6 Å². The summed E-state index contributed by atoms with van der Waals surface area (Å²) in [6.07, 6.45) is 0.158. The lowest BCUT2D eigenvalue weighted by Gasteiger charge is -2.27. The Kier molecular flexibility index (Phi) is 5.93. The Morgan fingerprint density at radius 3 is 2.61 bits per heavy atom. The molecule has 0 unspecified atom stereocenters. The zero-order valence-electron chi connectivity index (χ0n) is 15.8. The topological polar surface area (TPSA) is 84.9 Å². The number of anilines is 2. The van der Waals surface area contributed by atoms with Crippen LogP contribution in [-0.2, 0) is 19.1 Å². The molecule has 2 aromatic carbocycles. The van der Waals surface area contributed by atoms with Crippen LogP contribution in [0.25, 0.3) is 0 Å². The predicted molar refractivity (Wildman–Crippen MR) is 104 cm³/mol. The van der Waals surface area contributed by atoms with E-state index in [0.717, 1.165) is 5.56 Å². The molecular weight excluding hydrogens is 360 g/mol. The number of hydrogen-bond acceptors (Lipinski definition) is 5. The minimum absolute atomic E-state index is 0.158. The highest BCUT2D eigenvalue weighted by Crippen LogP contribution is 2.31. The first kappa shape index (κ1) is 19.4. The van der Waals surface area contributed by atoms with E-state index in [9.17, 15) is 14.4 Å². The molecule has 0 bridgehead atoms. The zero-order chi connectivity index (χ0) is 20.1. The Bertz CT molecular complexity index is 896. The summed E-state index contributed by atoms with van der Waals surface area (Å²) in [6, 6.07) is 14.0. The smallest absolute Gasteiger partial charge is 0.344 e. The van der Waals surface area contributed by atoms with Gasteiger partial charge in [-0.15, -0.1) is 0 Å². The summed E-state index contributed by atoms with van der Waals surface area (Å²) in [5.41, 5.74) is 2.04. The van der Waals surface area contributed by atoms with Crippen LogP contribution in [0.1, 0.15) is 18.9 Å². The van der Waals surface area contributed by atoms with Gasteiger partial charge in [0.25, 0.3) is 5.91 Å². The molecule has 3 rings (SSSR count). The third-order valence-corrected chi connectivity index (χ3v) is 4.42. The molecule has 0 fully saturated rings. The van der Waals surface area contributed by atoms with E-state index in [1.54, 1.807) is 37.3 Å². The van der Waals surface area contributed by atoms with E-state index >= 15 is 0 Å². The Morgan fingerprint density at radius 1 is 1.11 bits per heavy atom. The second-order valence-electron chi connectivity index (χ2n) is 6.60.